The summed E-state index contributed by atoms with van der Waals surface area (Å²) in [4.78, 5) is 34.7. The molecule has 0 saturated heterocycles. The van der Waals surface area contributed by atoms with Crippen LogP contribution in [0.3, 0.4) is 0 Å². The Bertz CT molecular complexity index is 1070. The number of nitrogens with zero attached hydrogens (tertiary/aromatic N) is 2. The second kappa shape index (κ2) is 8.42. The number of nitrogens with two attached hydrogens (primary N) is 1. The standard InChI is InChI=1S/C19H22F3N5O3S/c1-4-31-12-7-10(18(23)5-6-18)9-25-15(12)16(28)26-11-8-13(19(20,21)22)27(30-3)17(29)14(11)24-2/h7-9,24H,4-6,23H2,1-3H3,(H,26,28). The molecule has 2 aromatic rings. The molecule has 2 aromatic heterocycles. The summed E-state index contributed by atoms with van der Waals surface area (Å²) in [5.41, 5.74) is 3.54. The van der Waals surface area contributed by atoms with E-state index in [2.05, 4.69) is 20.5 Å². The Morgan fingerprint density at radius 1 is 1.39 bits per heavy atom. The average molecular weight is 457 g/mol. The van der Waals surface area contributed by atoms with E-state index in [9.17, 15) is 22.8 Å². The monoisotopic (exact) mass is 457 g/mol. The van der Waals surface area contributed by atoms with Gasteiger partial charge in [0.1, 0.15) is 18.5 Å². The van der Waals surface area contributed by atoms with Crippen molar-refractivity contribution < 1.29 is 22.8 Å². The minimum Gasteiger partial charge on any atom is -0.413 e. The number of carbonyl (C=O) groups excluding carboxylic acids is 1. The first kappa shape index (κ1) is 22.9. The number of amides is 1. The smallest absolute Gasteiger partial charge is 0.413 e. The SMILES string of the molecule is CCSc1cc(C2(N)CC2)cnc1C(=O)Nc1cc(C(F)(F)F)n(OC)c(=O)c1NC. The molecule has 1 aliphatic rings. The van der Waals surface area contributed by atoms with Crippen LogP contribution >= 0.6 is 11.8 Å². The molecule has 0 aromatic carbocycles. The zero-order valence-electron chi connectivity index (χ0n) is 17.1. The van der Waals surface area contributed by atoms with Crippen molar-refractivity contribution in [1.29, 1.82) is 0 Å². The first-order valence-electron chi connectivity index (χ1n) is 9.38. The van der Waals surface area contributed by atoms with Crippen LogP contribution in [-0.4, -0.2) is 35.5 Å². The van der Waals surface area contributed by atoms with Gasteiger partial charge in [0.2, 0.25) is 0 Å². The predicted octanol–water partition coefficient (Wildman–Crippen LogP) is 2.67. The van der Waals surface area contributed by atoms with Crippen molar-refractivity contribution in [1.82, 2.24) is 9.71 Å². The van der Waals surface area contributed by atoms with Gasteiger partial charge in [0.05, 0.1) is 5.69 Å². The van der Waals surface area contributed by atoms with Crippen LogP contribution in [0.25, 0.3) is 0 Å². The number of pyridine rings is 2. The number of anilines is 2. The highest BCUT2D eigenvalue weighted by Gasteiger charge is 2.41. The lowest BCUT2D eigenvalue weighted by molar-refractivity contribution is -0.151. The van der Waals surface area contributed by atoms with Gasteiger partial charge >= 0.3 is 11.7 Å². The summed E-state index contributed by atoms with van der Waals surface area (Å²) in [6, 6.07) is 2.42. The highest BCUT2D eigenvalue weighted by atomic mass is 32.2. The molecular weight excluding hydrogens is 435 g/mol. The largest absolute Gasteiger partial charge is 0.435 e. The Balaban J connectivity index is 2.03. The van der Waals surface area contributed by atoms with Gasteiger partial charge in [-0.3, -0.25) is 9.59 Å². The number of aromatic nitrogens is 2. The van der Waals surface area contributed by atoms with E-state index >= 15 is 0 Å². The topological polar surface area (TPSA) is 111 Å². The highest BCUT2D eigenvalue weighted by molar-refractivity contribution is 7.99. The van der Waals surface area contributed by atoms with Gasteiger partial charge in [0.25, 0.3) is 5.91 Å². The Hall–Kier alpha value is -2.73. The van der Waals surface area contributed by atoms with Crippen LogP contribution in [0.2, 0.25) is 0 Å². The molecule has 1 fully saturated rings. The molecule has 0 aliphatic heterocycles. The Kier molecular flexibility index (Phi) is 6.23. The molecule has 1 saturated carbocycles. The minimum absolute atomic E-state index is 0.0337. The number of hydrogen-bond donors (Lipinski definition) is 3. The molecule has 168 valence electrons. The summed E-state index contributed by atoms with van der Waals surface area (Å²) in [6.45, 7) is 1.90. The van der Waals surface area contributed by atoms with Crippen LogP contribution in [-0.2, 0) is 11.7 Å². The molecular formula is C19H22F3N5O3S. The fourth-order valence-electron chi connectivity index (χ4n) is 3.07. The van der Waals surface area contributed by atoms with E-state index in [-0.39, 0.29) is 21.8 Å². The third-order valence-electron chi connectivity index (χ3n) is 4.87. The molecule has 1 amide bonds. The minimum atomic E-state index is -4.89. The zero-order valence-corrected chi connectivity index (χ0v) is 17.9. The molecule has 3 rings (SSSR count). The van der Waals surface area contributed by atoms with E-state index in [1.807, 2.05) is 6.92 Å². The van der Waals surface area contributed by atoms with Gasteiger partial charge in [-0.1, -0.05) is 6.92 Å². The second-order valence-corrected chi connectivity index (χ2v) is 8.27. The summed E-state index contributed by atoms with van der Waals surface area (Å²) in [5.74, 6) is -0.101. The molecule has 1 aliphatic carbocycles. The van der Waals surface area contributed by atoms with Crippen LogP contribution in [0.5, 0.6) is 0 Å². The lowest BCUT2D eigenvalue weighted by atomic mass is 10.1. The van der Waals surface area contributed by atoms with Gasteiger partial charge in [-0.05, 0) is 36.3 Å². The highest BCUT2D eigenvalue weighted by Crippen LogP contribution is 2.43. The van der Waals surface area contributed by atoms with Gasteiger partial charge in [-0.15, -0.1) is 16.5 Å². The normalized spacial score (nSPS) is 14.8. The Morgan fingerprint density at radius 3 is 2.58 bits per heavy atom. The number of hydrogen-bond acceptors (Lipinski definition) is 7. The maximum Gasteiger partial charge on any atom is 0.435 e. The molecule has 4 N–H and O–H groups in total. The van der Waals surface area contributed by atoms with Gasteiger partial charge < -0.3 is 21.2 Å². The van der Waals surface area contributed by atoms with Crippen molar-refractivity contribution in [3.05, 3.63) is 45.6 Å². The molecule has 31 heavy (non-hydrogen) atoms. The zero-order chi connectivity index (χ0) is 23.0. The number of halogens is 3. The third kappa shape index (κ3) is 4.49. The van der Waals surface area contributed by atoms with Gasteiger partial charge in [-0.25, -0.2) is 4.98 Å². The summed E-state index contributed by atoms with van der Waals surface area (Å²) in [5, 5.41) is 4.89. The van der Waals surface area contributed by atoms with Gasteiger partial charge in [0, 0.05) is 23.7 Å². The summed E-state index contributed by atoms with van der Waals surface area (Å²) in [6.07, 6.45) is -1.75. The molecule has 0 radical (unpaired) electrons. The number of nitrogens with one attached hydrogen (secondary N) is 2. The van der Waals surface area contributed by atoms with E-state index in [1.165, 1.54) is 25.0 Å². The summed E-state index contributed by atoms with van der Waals surface area (Å²) < 4.78 is 40.4. The fraction of sp³-hybridized carbons (Fsp3) is 0.421. The van der Waals surface area contributed by atoms with Gasteiger partial charge in [-0.2, -0.15) is 13.2 Å². The van der Waals surface area contributed by atoms with E-state index in [0.717, 1.165) is 25.5 Å². The lowest BCUT2D eigenvalue weighted by Crippen LogP contribution is -2.34. The Labute approximate surface area is 180 Å². The first-order valence-corrected chi connectivity index (χ1v) is 10.4. The second-order valence-electron chi connectivity index (χ2n) is 6.96. The van der Waals surface area contributed by atoms with Crippen LogP contribution < -0.4 is 26.8 Å². The van der Waals surface area contributed by atoms with Crippen LogP contribution in [0.4, 0.5) is 24.5 Å². The average Bonchev–Trinajstić information content (AvgIpc) is 3.46. The van der Waals surface area contributed by atoms with Crippen LogP contribution in [0.15, 0.2) is 28.0 Å². The third-order valence-corrected chi connectivity index (χ3v) is 5.78. The van der Waals surface area contributed by atoms with Gasteiger partial charge in [0.15, 0.2) is 5.69 Å². The van der Waals surface area contributed by atoms with Crippen molar-refractivity contribution in [2.75, 3.05) is 30.5 Å². The van der Waals surface area contributed by atoms with Crippen LogP contribution in [0.1, 0.15) is 41.5 Å². The van der Waals surface area contributed by atoms with Crippen molar-refractivity contribution >= 4 is 29.0 Å². The van der Waals surface area contributed by atoms with Crippen molar-refractivity contribution in [3.63, 3.8) is 0 Å². The van der Waals surface area contributed by atoms with E-state index in [1.54, 1.807) is 6.07 Å². The maximum atomic E-state index is 13.4. The number of alkyl halides is 3. The quantitative estimate of drug-likeness (QED) is 0.548. The van der Waals surface area contributed by atoms with Crippen molar-refractivity contribution in [2.45, 2.75) is 36.4 Å². The molecule has 0 spiro atoms. The number of thioether (sulfide) groups is 1. The lowest BCUT2D eigenvalue weighted by Gasteiger charge is -2.19. The molecule has 2 heterocycles. The number of rotatable bonds is 7. The van der Waals surface area contributed by atoms with E-state index < -0.39 is 28.9 Å². The number of carbonyl (C=O) groups is 1. The summed E-state index contributed by atoms with van der Waals surface area (Å²) >= 11 is 1.37. The van der Waals surface area contributed by atoms with E-state index in [0.29, 0.717) is 16.7 Å². The molecule has 0 bridgehead atoms. The molecule has 8 nitrogen and oxygen atoms in total. The Morgan fingerprint density at radius 2 is 2.06 bits per heavy atom. The summed E-state index contributed by atoms with van der Waals surface area (Å²) in [7, 11) is 2.29. The first-order chi connectivity index (χ1) is 14.6. The van der Waals surface area contributed by atoms with E-state index in [4.69, 9.17) is 5.73 Å². The fourth-order valence-corrected chi connectivity index (χ4v) is 3.87. The molecule has 0 atom stereocenters. The maximum absolute atomic E-state index is 13.4. The van der Waals surface area contributed by atoms with Crippen LogP contribution in [0, 0.1) is 0 Å². The van der Waals surface area contributed by atoms with Crippen molar-refractivity contribution in [3.8, 4) is 0 Å². The predicted molar refractivity (Wildman–Crippen MR) is 111 cm³/mol. The van der Waals surface area contributed by atoms with Crippen molar-refractivity contribution in [2.24, 2.45) is 5.73 Å². The molecule has 0 unspecified atom stereocenters. The molecule has 12 heteroatoms.